The highest BCUT2D eigenvalue weighted by molar-refractivity contribution is 7.89. The topological polar surface area (TPSA) is 92.9 Å². The number of para-hydroxylation sites is 1. The van der Waals surface area contributed by atoms with E-state index in [1.165, 1.54) is 10.4 Å². The molecule has 2 aliphatic heterocycles. The summed E-state index contributed by atoms with van der Waals surface area (Å²) in [5.41, 5.74) is 7.49. The van der Waals surface area contributed by atoms with Gasteiger partial charge in [0, 0.05) is 24.7 Å². The molecule has 1 amide bonds. The highest BCUT2D eigenvalue weighted by Crippen LogP contribution is 2.33. The number of hydrogen-bond acceptors (Lipinski definition) is 5. The Hall–Kier alpha value is -2.65. The molecule has 2 heterocycles. The van der Waals surface area contributed by atoms with Gasteiger partial charge in [-0.3, -0.25) is 4.90 Å². The molecule has 0 aromatic heterocycles. The molecule has 4 rings (SSSR count). The van der Waals surface area contributed by atoms with Crippen LogP contribution in [0.25, 0.3) is 0 Å². The van der Waals surface area contributed by atoms with E-state index >= 15 is 0 Å². The second kappa shape index (κ2) is 7.06. The zero-order chi connectivity index (χ0) is 19.9. The van der Waals surface area contributed by atoms with Crippen molar-refractivity contribution in [1.82, 2.24) is 4.31 Å². The number of hydrogen-bond donors (Lipinski definition) is 1. The first kappa shape index (κ1) is 18.7. The minimum atomic E-state index is -3.91. The molecule has 0 radical (unpaired) electrons. The third-order valence-corrected chi connectivity index (χ3v) is 7.14. The normalized spacial score (nSPS) is 18.6. The van der Waals surface area contributed by atoms with Crippen LogP contribution in [0.3, 0.4) is 0 Å². The van der Waals surface area contributed by atoms with Crippen molar-refractivity contribution in [3.05, 3.63) is 53.8 Å². The minimum absolute atomic E-state index is 0.0112. The number of piperidine rings is 1. The second-order valence-electron chi connectivity index (χ2n) is 6.87. The fraction of sp³-hybridized carbons (Fsp3) is 0.316. The van der Waals surface area contributed by atoms with Gasteiger partial charge in [-0.05, 0) is 37.1 Å². The molecule has 9 heteroatoms. The number of cyclic esters (lactones) is 1. The van der Waals surface area contributed by atoms with Crippen molar-refractivity contribution < 1.29 is 22.3 Å². The molecule has 0 spiro atoms. The van der Waals surface area contributed by atoms with Crippen LogP contribution in [-0.4, -0.2) is 37.9 Å². The average molecular weight is 405 g/mol. The number of nitrogens with two attached hydrogens (primary N) is 1. The summed E-state index contributed by atoms with van der Waals surface area (Å²) in [6.45, 7) is 0.640. The smallest absolute Gasteiger partial charge is 0.414 e. The van der Waals surface area contributed by atoms with Crippen LogP contribution in [0.4, 0.5) is 20.6 Å². The first-order valence-electron chi connectivity index (χ1n) is 8.97. The van der Waals surface area contributed by atoms with Crippen LogP contribution < -0.4 is 10.6 Å². The quantitative estimate of drug-likeness (QED) is 0.793. The van der Waals surface area contributed by atoms with Crippen molar-refractivity contribution >= 4 is 27.5 Å². The zero-order valence-electron chi connectivity index (χ0n) is 15.0. The fourth-order valence-corrected chi connectivity index (χ4v) is 5.33. The Morgan fingerprint density at radius 2 is 1.82 bits per heavy atom. The minimum Gasteiger partial charge on any atom is -0.444 e. The van der Waals surface area contributed by atoms with Gasteiger partial charge in [-0.25, -0.2) is 17.6 Å². The van der Waals surface area contributed by atoms with Crippen molar-refractivity contribution in [1.29, 1.82) is 0 Å². The van der Waals surface area contributed by atoms with E-state index in [0.717, 1.165) is 23.4 Å². The number of rotatable bonds is 3. The summed E-state index contributed by atoms with van der Waals surface area (Å²) in [7, 11) is -3.91. The molecule has 2 aromatic rings. The van der Waals surface area contributed by atoms with Crippen LogP contribution in [0, 0.1) is 5.82 Å². The Labute approximate surface area is 162 Å². The molecule has 0 aliphatic carbocycles. The van der Waals surface area contributed by atoms with Gasteiger partial charge in [-0.15, -0.1) is 0 Å². The van der Waals surface area contributed by atoms with Crippen molar-refractivity contribution in [2.45, 2.75) is 30.4 Å². The van der Waals surface area contributed by atoms with E-state index in [-0.39, 0.29) is 36.3 Å². The van der Waals surface area contributed by atoms with Crippen molar-refractivity contribution in [2.75, 3.05) is 23.7 Å². The lowest BCUT2D eigenvalue weighted by Gasteiger charge is -2.39. The van der Waals surface area contributed by atoms with E-state index in [1.54, 1.807) is 4.90 Å². The molecule has 1 saturated heterocycles. The number of carbonyl (C=O) groups is 1. The monoisotopic (exact) mass is 405 g/mol. The largest absolute Gasteiger partial charge is 0.444 e. The maximum Gasteiger partial charge on any atom is 0.414 e. The molecule has 0 saturated carbocycles. The van der Waals surface area contributed by atoms with E-state index in [0.29, 0.717) is 12.8 Å². The number of carbonyl (C=O) groups excluding carboxylic acids is 1. The number of sulfonamides is 1. The van der Waals surface area contributed by atoms with Gasteiger partial charge in [0.05, 0.1) is 11.4 Å². The summed E-state index contributed by atoms with van der Waals surface area (Å²) in [4.78, 5) is 13.7. The molecule has 0 bridgehead atoms. The van der Waals surface area contributed by atoms with Gasteiger partial charge < -0.3 is 10.5 Å². The lowest BCUT2D eigenvalue weighted by molar-refractivity contribution is 0.136. The third-order valence-electron chi connectivity index (χ3n) is 5.18. The highest BCUT2D eigenvalue weighted by Gasteiger charge is 2.37. The molecular weight excluding hydrogens is 385 g/mol. The summed E-state index contributed by atoms with van der Waals surface area (Å²) in [5, 5.41) is 0. The number of fused-ring (bicyclic) bond motifs is 1. The molecule has 148 valence electrons. The Kier molecular flexibility index (Phi) is 4.72. The number of amides is 1. The maximum atomic E-state index is 13.5. The number of nitrogen functional groups attached to an aromatic ring is 1. The van der Waals surface area contributed by atoms with E-state index in [4.69, 9.17) is 10.5 Å². The lowest BCUT2D eigenvalue weighted by Crippen LogP contribution is -2.50. The summed E-state index contributed by atoms with van der Waals surface area (Å²) >= 11 is 0. The Balaban J connectivity index is 1.54. The van der Waals surface area contributed by atoms with Crippen molar-refractivity contribution in [2.24, 2.45) is 0 Å². The van der Waals surface area contributed by atoms with Crippen LogP contribution in [-0.2, 0) is 21.4 Å². The standard InChI is InChI=1S/C19H20FN3O4S/c20-14-5-6-16(21)18(11-14)28(25,26)22-9-7-15(8-10-22)23-17-4-2-1-3-13(17)12-27-19(23)24/h1-6,11,15H,7-10,12,21H2. The van der Waals surface area contributed by atoms with E-state index in [1.807, 2.05) is 24.3 Å². The SMILES string of the molecule is Nc1ccc(F)cc1S(=O)(=O)N1CCC(N2C(=O)OCc3ccccc32)CC1. The fourth-order valence-electron chi connectivity index (χ4n) is 3.73. The number of benzene rings is 2. The van der Waals surface area contributed by atoms with Crippen molar-refractivity contribution in [3.63, 3.8) is 0 Å². The van der Waals surface area contributed by atoms with Crippen LogP contribution in [0.15, 0.2) is 47.4 Å². The zero-order valence-corrected chi connectivity index (χ0v) is 15.9. The van der Waals surface area contributed by atoms with Gasteiger partial charge >= 0.3 is 6.09 Å². The molecule has 1 fully saturated rings. The summed E-state index contributed by atoms with van der Waals surface area (Å²) in [6, 6.07) is 10.6. The summed E-state index contributed by atoms with van der Waals surface area (Å²) in [5.74, 6) is -0.657. The van der Waals surface area contributed by atoms with Crippen LogP contribution in [0.5, 0.6) is 0 Å². The predicted molar refractivity (Wildman–Crippen MR) is 102 cm³/mol. The van der Waals surface area contributed by atoms with E-state index in [9.17, 15) is 17.6 Å². The average Bonchev–Trinajstić information content (AvgIpc) is 2.70. The van der Waals surface area contributed by atoms with Crippen LogP contribution >= 0.6 is 0 Å². The Bertz CT molecular complexity index is 1020. The predicted octanol–water partition coefficient (Wildman–Crippen LogP) is 2.72. The summed E-state index contributed by atoms with van der Waals surface area (Å²) < 4.78 is 45.8. The molecule has 2 aliphatic rings. The van der Waals surface area contributed by atoms with Gasteiger partial charge in [0.2, 0.25) is 10.0 Å². The molecule has 0 unspecified atom stereocenters. The van der Waals surface area contributed by atoms with E-state index < -0.39 is 21.9 Å². The van der Waals surface area contributed by atoms with Gasteiger partial charge in [-0.2, -0.15) is 4.31 Å². The van der Waals surface area contributed by atoms with Gasteiger partial charge in [-0.1, -0.05) is 18.2 Å². The van der Waals surface area contributed by atoms with Crippen molar-refractivity contribution in [3.8, 4) is 0 Å². The Morgan fingerprint density at radius 3 is 2.57 bits per heavy atom. The number of nitrogens with zero attached hydrogens (tertiary/aromatic N) is 2. The van der Waals surface area contributed by atoms with Gasteiger partial charge in [0.15, 0.2) is 0 Å². The third kappa shape index (κ3) is 3.20. The lowest BCUT2D eigenvalue weighted by atomic mass is 10.0. The number of ether oxygens (including phenoxy) is 1. The molecule has 28 heavy (non-hydrogen) atoms. The number of anilines is 2. The Morgan fingerprint density at radius 1 is 1.11 bits per heavy atom. The second-order valence-corrected chi connectivity index (χ2v) is 8.78. The summed E-state index contributed by atoms with van der Waals surface area (Å²) in [6.07, 6.45) is 0.463. The number of halogens is 1. The molecular formula is C19H20FN3O4S. The van der Waals surface area contributed by atoms with Gasteiger partial charge in [0.1, 0.15) is 17.3 Å². The molecule has 7 nitrogen and oxygen atoms in total. The van der Waals surface area contributed by atoms with E-state index in [2.05, 4.69) is 0 Å². The molecule has 2 aromatic carbocycles. The maximum absolute atomic E-state index is 13.5. The first-order chi connectivity index (χ1) is 13.4. The van der Waals surface area contributed by atoms with Crippen LogP contribution in [0.2, 0.25) is 0 Å². The van der Waals surface area contributed by atoms with Gasteiger partial charge in [0.25, 0.3) is 0 Å². The van der Waals surface area contributed by atoms with Crippen LogP contribution in [0.1, 0.15) is 18.4 Å². The highest BCUT2D eigenvalue weighted by atomic mass is 32.2. The molecule has 0 atom stereocenters. The first-order valence-corrected chi connectivity index (χ1v) is 10.4. The molecule has 2 N–H and O–H groups in total.